The van der Waals surface area contributed by atoms with Crippen molar-refractivity contribution in [2.75, 3.05) is 6.54 Å². The number of thiophene rings is 1. The first-order valence-electron chi connectivity index (χ1n) is 5.38. The van der Waals surface area contributed by atoms with E-state index in [0.29, 0.717) is 6.54 Å². The Hall–Kier alpha value is -0.580. The molecule has 1 aromatic heterocycles. The standard InChI is InChI=1S/C11H16N2OS.ClH/c14-11(10-3-1-2-5-12-10)13-7-9-4-6-15-8-9;/h4,6,8,10,12H,1-3,5,7H2,(H,13,14);1H. The summed E-state index contributed by atoms with van der Waals surface area (Å²) in [6, 6.07) is 2.07. The van der Waals surface area contributed by atoms with Gasteiger partial charge in [-0.15, -0.1) is 12.4 Å². The van der Waals surface area contributed by atoms with Crippen LogP contribution in [0.2, 0.25) is 0 Å². The van der Waals surface area contributed by atoms with Gasteiger partial charge < -0.3 is 10.6 Å². The van der Waals surface area contributed by atoms with Gasteiger partial charge in [0, 0.05) is 6.54 Å². The van der Waals surface area contributed by atoms with Crippen molar-refractivity contribution in [3.8, 4) is 0 Å². The first-order valence-corrected chi connectivity index (χ1v) is 6.33. The fraction of sp³-hybridized carbons (Fsp3) is 0.545. The largest absolute Gasteiger partial charge is 0.351 e. The van der Waals surface area contributed by atoms with Crippen LogP contribution in [0, 0.1) is 0 Å². The Morgan fingerprint density at radius 2 is 2.44 bits per heavy atom. The Labute approximate surface area is 106 Å². The third-order valence-corrected chi connectivity index (χ3v) is 3.41. The Morgan fingerprint density at radius 1 is 1.56 bits per heavy atom. The van der Waals surface area contributed by atoms with Gasteiger partial charge in [0.25, 0.3) is 0 Å². The normalized spacial score (nSPS) is 19.9. The van der Waals surface area contributed by atoms with Gasteiger partial charge in [-0.05, 0) is 41.8 Å². The molecule has 5 heteroatoms. The highest BCUT2D eigenvalue weighted by Crippen LogP contribution is 2.08. The highest BCUT2D eigenvalue weighted by atomic mass is 35.5. The van der Waals surface area contributed by atoms with Crippen molar-refractivity contribution in [1.29, 1.82) is 0 Å². The van der Waals surface area contributed by atoms with Crippen molar-refractivity contribution >= 4 is 29.7 Å². The van der Waals surface area contributed by atoms with E-state index in [1.165, 1.54) is 12.0 Å². The van der Waals surface area contributed by atoms with Gasteiger partial charge in [-0.1, -0.05) is 6.42 Å². The second-order valence-electron chi connectivity index (χ2n) is 3.85. The van der Waals surface area contributed by atoms with Crippen LogP contribution in [0.5, 0.6) is 0 Å². The minimum Gasteiger partial charge on any atom is -0.351 e. The van der Waals surface area contributed by atoms with Crippen molar-refractivity contribution < 1.29 is 4.79 Å². The molecular weight excluding hydrogens is 244 g/mol. The molecule has 1 fully saturated rings. The lowest BCUT2D eigenvalue weighted by Crippen LogP contribution is -2.46. The van der Waals surface area contributed by atoms with E-state index in [2.05, 4.69) is 16.0 Å². The lowest BCUT2D eigenvalue weighted by Gasteiger charge is -2.22. The van der Waals surface area contributed by atoms with Gasteiger partial charge >= 0.3 is 0 Å². The molecule has 2 rings (SSSR count). The highest BCUT2D eigenvalue weighted by molar-refractivity contribution is 7.07. The summed E-state index contributed by atoms with van der Waals surface area (Å²) in [5.74, 6) is 0.140. The van der Waals surface area contributed by atoms with E-state index in [-0.39, 0.29) is 24.4 Å². The van der Waals surface area contributed by atoms with Gasteiger partial charge in [0.2, 0.25) is 5.91 Å². The van der Waals surface area contributed by atoms with Crippen LogP contribution in [-0.4, -0.2) is 18.5 Å². The van der Waals surface area contributed by atoms with Gasteiger partial charge in [0.05, 0.1) is 6.04 Å². The molecule has 1 aromatic rings. The Kier molecular flexibility index (Phi) is 5.80. The number of hydrogen-bond acceptors (Lipinski definition) is 3. The summed E-state index contributed by atoms with van der Waals surface area (Å²) in [5.41, 5.74) is 1.18. The van der Waals surface area contributed by atoms with Crippen molar-refractivity contribution in [3.05, 3.63) is 22.4 Å². The van der Waals surface area contributed by atoms with Gasteiger partial charge in [0.15, 0.2) is 0 Å². The number of carbonyl (C=O) groups excluding carboxylic acids is 1. The quantitative estimate of drug-likeness (QED) is 0.872. The van der Waals surface area contributed by atoms with E-state index >= 15 is 0 Å². The average molecular weight is 261 g/mol. The van der Waals surface area contributed by atoms with Crippen LogP contribution in [0.1, 0.15) is 24.8 Å². The molecule has 3 nitrogen and oxygen atoms in total. The summed E-state index contributed by atoms with van der Waals surface area (Å²) in [6.07, 6.45) is 3.31. The van der Waals surface area contributed by atoms with Crippen LogP contribution >= 0.6 is 23.7 Å². The molecule has 0 aromatic carbocycles. The number of carbonyl (C=O) groups is 1. The second kappa shape index (κ2) is 6.89. The molecule has 16 heavy (non-hydrogen) atoms. The van der Waals surface area contributed by atoms with Gasteiger partial charge in [-0.3, -0.25) is 4.79 Å². The van der Waals surface area contributed by atoms with Crippen LogP contribution in [0.25, 0.3) is 0 Å². The minimum atomic E-state index is 0. The summed E-state index contributed by atoms with van der Waals surface area (Å²) in [4.78, 5) is 11.7. The van der Waals surface area contributed by atoms with E-state index in [1.54, 1.807) is 11.3 Å². The van der Waals surface area contributed by atoms with E-state index in [1.807, 2.05) is 11.4 Å². The van der Waals surface area contributed by atoms with Crippen molar-refractivity contribution in [1.82, 2.24) is 10.6 Å². The van der Waals surface area contributed by atoms with Crippen molar-refractivity contribution in [3.63, 3.8) is 0 Å². The number of halogens is 1. The second-order valence-corrected chi connectivity index (χ2v) is 4.63. The molecule has 90 valence electrons. The lowest BCUT2D eigenvalue weighted by atomic mass is 10.0. The van der Waals surface area contributed by atoms with E-state index in [9.17, 15) is 4.79 Å². The van der Waals surface area contributed by atoms with Gasteiger partial charge in [-0.25, -0.2) is 0 Å². The first-order chi connectivity index (χ1) is 7.36. The minimum absolute atomic E-state index is 0. The zero-order valence-electron chi connectivity index (χ0n) is 9.07. The highest BCUT2D eigenvalue weighted by Gasteiger charge is 2.19. The zero-order valence-corrected chi connectivity index (χ0v) is 10.7. The smallest absolute Gasteiger partial charge is 0.237 e. The molecule has 2 heterocycles. The van der Waals surface area contributed by atoms with E-state index in [4.69, 9.17) is 0 Å². The topological polar surface area (TPSA) is 41.1 Å². The Balaban J connectivity index is 0.00000128. The molecule has 0 spiro atoms. The van der Waals surface area contributed by atoms with Crippen LogP contribution in [0.4, 0.5) is 0 Å². The predicted molar refractivity (Wildman–Crippen MR) is 69.1 cm³/mol. The lowest BCUT2D eigenvalue weighted by molar-refractivity contribution is -0.123. The van der Waals surface area contributed by atoms with E-state index < -0.39 is 0 Å². The summed E-state index contributed by atoms with van der Waals surface area (Å²) in [5, 5.41) is 10.3. The predicted octanol–water partition coefficient (Wildman–Crippen LogP) is 1.93. The SMILES string of the molecule is Cl.O=C(NCc1ccsc1)C1CCCCN1. The Bertz CT molecular complexity index is 310. The fourth-order valence-electron chi connectivity index (χ4n) is 1.78. The molecule has 0 radical (unpaired) electrons. The van der Waals surface area contributed by atoms with Crippen molar-refractivity contribution in [2.45, 2.75) is 31.8 Å². The fourth-order valence-corrected chi connectivity index (χ4v) is 2.45. The molecule has 1 saturated heterocycles. The summed E-state index contributed by atoms with van der Waals surface area (Å²) in [7, 11) is 0. The number of amides is 1. The number of hydrogen-bond donors (Lipinski definition) is 2. The molecule has 2 N–H and O–H groups in total. The number of piperidine rings is 1. The average Bonchev–Trinajstić information content (AvgIpc) is 2.80. The molecule has 1 aliphatic heterocycles. The molecule has 1 amide bonds. The van der Waals surface area contributed by atoms with Gasteiger partial charge in [-0.2, -0.15) is 11.3 Å². The van der Waals surface area contributed by atoms with Crippen LogP contribution < -0.4 is 10.6 Å². The molecule has 1 unspecified atom stereocenters. The maximum atomic E-state index is 11.7. The maximum Gasteiger partial charge on any atom is 0.237 e. The molecule has 0 bridgehead atoms. The molecule has 0 aliphatic carbocycles. The van der Waals surface area contributed by atoms with Crippen LogP contribution in [0.3, 0.4) is 0 Å². The molecular formula is C11H17ClN2OS. The monoisotopic (exact) mass is 260 g/mol. The summed E-state index contributed by atoms with van der Waals surface area (Å²) >= 11 is 1.66. The van der Waals surface area contributed by atoms with E-state index in [0.717, 1.165) is 19.4 Å². The van der Waals surface area contributed by atoms with Gasteiger partial charge in [0.1, 0.15) is 0 Å². The maximum absolute atomic E-state index is 11.7. The van der Waals surface area contributed by atoms with Crippen LogP contribution in [0.15, 0.2) is 16.8 Å². The number of nitrogens with one attached hydrogen (secondary N) is 2. The summed E-state index contributed by atoms with van der Waals surface area (Å²) < 4.78 is 0. The zero-order chi connectivity index (χ0) is 10.5. The molecule has 1 aliphatic rings. The third-order valence-electron chi connectivity index (χ3n) is 2.67. The van der Waals surface area contributed by atoms with Crippen molar-refractivity contribution in [2.24, 2.45) is 0 Å². The Morgan fingerprint density at radius 3 is 3.06 bits per heavy atom. The third kappa shape index (κ3) is 3.77. The van der Waals surface area contributed by atoms with Crippen LogP contribution in [-0.2, 0) is 11.3 Å². The molecule has 0 saturated carbocycles. The summed E-state index contributed by atoms with van der Waals surface area (Å²) in [6.45, 7) is 1.62. The number of rotatable bonds is 3. The first kappa shape index (κ1) is 13.5. The molecule has 1 atom stereocenters.